The highest BCUT2D eigenvalue weighted by Crippen LogP contribution is 2.22. The Hall–Kier alpha value is -2.76. The molecule has 3 rings (SSSR count). The molecule has 3 N–H and O–H groups in total. The number of sulfonamides is 1. The third-order valence-electron chi connectivity index (χ3n) is 5.82. The van der Waals surface area contributed by atoms with Crippen LogP contribution >= 0.6 is 0 Å². The van der Waals surface area contributed by atoms with Crippen molar-refractivity contribution in [2.24, 2.45) is 0 Å². The van der Waals surface area contributed by atoms with Crippen LogP contribution in [0.15, 0.2) is 39.8 Å². The molecule has 1 aliphatic heterocycles. The van der Waals surface area contributed by atoms with Crippen LogP contribution in [-0.4, -0.2) is 57.6 Å². The van der Waals surface area contributed by atoms with E-state index in [0.717, 1.165) is 31.5 Å². The van der Waals surface area contributed by atoms with Gasteiger partial charge < -0.3 is 19.8 Å². The molecule has 1 aromatic heterocycles. The Morgan fingerprint density at radius 2 is 2.03 bits per heavy atom. The van der Waals surface area contributed by atoms with Crippen molar-refractivity contribution in [3.05, 3.63) is 47.7 Å². The second-order valence-corrected chi connectivity index (χ2v) is 10.4. The summed E-state index contributed by atoms with van der Waals surface area (Å²) in [6.45, 7) is 5.68. The predicted molar refractivity (Wildman–Crippen MR) is 129 cm³/mol. The highest BCUT2D eigenvalue weighted by atomic mass is 32.2. The molecular formula is C24H34N4O6S. The second kappa shape index (κ2) is 12.8. The fourth-order valence-electron chi connectivity index (χ4n) is 3.85. The number of carbonyl (C=O) groups excluding carboxylic acids is 2. The van der Waals surface area contributed by atoms with E-state index < -0.39 is 27.9 Å². The van der Waals surface area contributed by atoms with E-state index in [1.807, 2.05) is 6.92 Å². The third-order valence-corrected chi connectivity index (χ3v) is 7.30. The van der Waals surface area contributed by atoms with Crippen LogP contribution in [0.25, 0.3) is 0 Å². The van der Waals surface area contributed by atoms with Crippen molar-refractivity contribution in [2.75, 3.05) is 26.2 Å². The van der Waals surface area contributed by atoms with Crippen molar-refractivity contribution in [1.82, 2.24) is 20.3 Å². The lowest BCUT2D eigenvalue weighted by Gasteiger charge is -2.19. The number of aryl methyl sites for hydroxylation is 1. The number of nitrogens with zero attached hydrogens (tertiary/aromatic N) is 1. The average Bonchev–Trinajstić information content (AvgIpc) is 3.34. The van der Waals surface area contributed by atoms with E-state index in [2.05, 4.69) is 20.3 Å². The van der Waals surface area contributed by atoms with Crippen molar-refractivity contribution >= 4 is 21.9 Å². The summed E-state index contributed by atoms with van der Waals surface area (Å²) in [7, 11) is -3.60. The van der Waals surface area contributed by atoms with E-state index >= 15 is 0 Å². The maximum Gasteiger partial charge on any atom is 0.328 e. The standard InChI is InChI=1S/C24H34N4O6S/c1-3-33-24(30)20(8-4-5-14-26-35(31,32)19-11-9-17(2)10-12-19)27-22(29)21-16-34-23(28-21)18-7-6-13-25-15-18/h9-12,16,18,20,25-26H,3-8,13-15H2,1-2H3,(H,27,29). The van der Waals surface area contributed by atoms with E-state index in [4.69, 9.17) is 9.15 Å². The third kappa shape index (κ3) is 7.87. The number of carbonyl (C=O) groups is 2. The first kappa shape index (κ1) is 26.8. The monoisotopic (exact) mass is 506 g/mol. The number of piperidine rings is 1. The molecular weight excluding hydrogens is 472 g/mol. The molecule has 1 aliphatic rings. The number of rotatable bonds is 12. The molecule has 2 heterocycles. The highest BCUT2D eigenvalue weighted by molar-refractivity contribution is 7.89. The first-order valence-corrected chi connectivity index (χ1v) is 13.5. The van der Waals surface area contributed by atoms with Crippen LogP contribution in [-0.2, 0) is 19.6 Å². The summed E-state index contributed by atoms with van der Waals surface area (Å²) in [4.78, 5) is 29.6. The van der Waals surface area contributed by atoms with Gasteiger partial charge in [0.1, 0.15) is 12.3 Å². The molecule has 1 aromatic carbocycles. The van der Waals surface area contributed by atoms with Crippen molar-refractivity contribution < 1.29 is 27.2 Å². The smallest absolute Gasteiger partial charge is 0.328 e. The number of unbranched alkanes of at least 4 members (excludes halogenated alkanes) is 1. The van der Waals surface area contributed by atoms with Crippen LogP contribution in [0.2, 0.25) is 0 Å². The van der Waals surface area contributed by atoms with Crippen molar-refractivity contribution in [2.45, 2.75) is 62.8 Å². The molecule has 0 aliphatic carbocycles. The molecule has 2 aromatic rings. The van der Waals surface area contributed by atoms with E-state index in [0.29, 0.717) is 25.2 Å². The van der Waals surface area contributed by atoms with Crippen LogP contribution in [0.5, 0.6) is 0 Å². The largest absolute Gasteiger partial charge is 0.464 e. The van der Waals surface area contributed by atoms with E-state index in [1.54, 1.807) is 31.2 Å². The van der Waals surface area contributed by atoms with Gasteiger partial charge in [0.05, 0.1) is 11.5 Å². The minimum Gasteiger partial charge on any atom is -0.464 e. The second-order valence-electron chi connectivity index (χ2n) is 8.60. The lowest BCUT2D eigenvalue weighted by atomic mass is 10.00. The van der Waals surface area contributed by atoms with Gasteiger partial charge in [0.15, 0.2) is 11.6 Å². The predicted octanol–water partition coefficient (Wildman–Crippen LogP) is 2.26. The van der Waals surface area contributed by atoms with Crippen molar-refractivity contribution in [3.8, 4) is 0 Å². The van der Waals surface area contributed by atoms with Gasteiger partial charge in [0.2, 0.25) is 10.0 Å². The maximum atomic E-state index is 12.7. The number of hydrogen-bond acceptors (Lipinski definition) is 8. The molecule has 11 heteroatoms. The van der Waals surface area contributed by atoms with Crippen LogP contribution < -0.4 is 15.4 Å². The zero-order chi connectivity index (χ0) is 25.3. The van der Waals surface area contributed by atoms with Gasteiger partial charge >= 0.3 is 5.97 Å². The SMILES string of the molecule is CCOC(=O)C(CCCCNS(=O)(=O)c1ccc(C)cc1)NC(=O)c1coc(C2CCCNC2)n1. The average molecular weight is 507 g/mol. The number of amides is 1. The molecule has 2 unspecified atom stereocenters. The molecule has 1 amide bonds. The van der Waals surface area contributed by atoms with E-state index in [-0.39, 0.29) is 29.7 Å². The summed E-state index contributed by atoms with van der Waals surface area (Å²) in [5.41, 5.74) is 1.09. The molecule has 35 heavy (non-hydrogen) atoms. The van der Waals surface area contributed by atoms with Crippen molar-refractivity contribution in [3.63, 3.8) is 0 Å². The van der Waals surface area contributed by atoms with Gasteiger partial charge in [-0.15, -0.1) is 0 Å². The first-order valence-electron chi connectivity index (χ1n) is 12.0. The van der Waals surface area contributed by atoms with Gasteiger partial charge in [0.25, 0.3) is 5.91 Å². The van der Waals surface area contributed by atoms with Gasteiger partial charge in [-0.2, -0.15) is 0 Å². The molecule has 1 saturated heterocycles. The Morgan fingerprint density at radius 1 is 1.26 bits per heavy atom. The van der Waals surface area contributed by atoms with E-state index in [1.165, 1.54) is 6.26 Å². The number of aromatic nitrogens is 1. The lowest BCUT2D eigenvalue weighted by molar-refractivity contribution is -0.145. The van der Waals surface area contributed by atoms with E-state index in [9.17, 15) is 18.0 Å². The number of esters is 1. The molecule has 192 valence electrons. The molecule has 0 saturated carbocycles. The van der Waals surface area contributed by atoms with Gasteiger partial charge in [-0.25, -0.2) is 22.9 Å². The topological polar surface area (TPSA) is 140 Å². The number of hydrogen-bond donors (Lipinski definition) is 3. The molecule has 2 atom stereocenters. The quantitative estimate of drug-likeness (QED) is 0.294. The Morgan fingerprint density at radius 3 is 2.71 bits per heavy atom. The Bertz CT molecular complexity index is 1080. The summed E-state index contributed by atoms with van der Waals surface area (Å²) < 4.78 is 38.0. The Kier molecular flexibility index (Phi) is 9.82. The van der Waals surface area contributed by atoms with Crippen LogP contribution in [0, 0.1) is 6.92 Å². The molecule has 0 radical (unpaired) electrons. The molecule has 1 fully saturated rings. The van der Waals surface area contributed by atoms with Crippen LogP contribution in [0.3, 0.4) is 0 Å². The fraction of sp³-hybridized carbons (Fsp3) is 0.542. The Labute approximate surface area is 206 Å². The zero-order valence-electron chi connectivity index (χ0n) is 20.2. The molecule has 10 nitrogen and oxygen atoms in total. The highest BCUT2D eigenvalue weighted by Gasteiger charge is 2.26. The van der Waals surface area contributed by atoms with Gasteiger partial charge in [-0.05, 0) is 64.6 Å². The number of nitrogens with one attached hydrogen (secondary N) is 3. The minimum absolute atomic E-state index is 0.116. The fourth-order valence-corrected chi connectivity index (χ4v) is 4.92. The van der Waals surface area contributed by atoms with Crippen LogP contribution in [0.1, 0.15) is 66.9 Å². The molecule has 0 spiro atoms. The van der Waals surface area contributed by atoms with Crippen molar-refractivity contribution in [1.29, 1.82) is 0 Å². The van der Waals surface area contributed by atoms with Gasteiger partial charge in [-0.1, -0.05) is 17.7 Å². The lowest BCUT2D eigenvalue weighted by Crippen LogP contribution is -2.42. The summed E-state index contributed by atoms with van der Waals surface area (Å²) in [6, 6.07) is 5.73. The summed E-state index contributed by atoms with van der Waals surface area (Å²) in [6.07, 6.45) is 4.54. The maximum absolute atomic E-state index is 12.7. The number of benzene rings is 1. The summed E-state index contributed by atoms with van der Waals surface area (Å²) >= 11 is 0. The first-order chi connectivity index (χ1) is 16.8. The summed E-state index contributed by atoms with van der Waals surface area (Å²) in [5.74, 6) is -0.422. The number of oxazole rings is 1. The molecule has 0 bridgehead atoms. The Balaban J connectivity index is 1.50. The van der Waals surface area contributed by atoms with Gasteiger partial charge in [-0.3, -0.25) is 4.79 Å². The normalized spacial score (nSPS) is 17.0. The minimum atomic E-state index is -3.60. The van der Waals surface area contributed by atoms with Crippen LogP contribution in [0.4, 0.5) is 0 Å². The zero-order valence-corrected chi connectivity index (χ0v) is 21.0. The van der Waals surface area contributed by atoms with Gasteiger partial charge in [0, 0.05) is 19.0 Å². The summed E-state index contributed by atoms with van der Waals surface area (Å²) in [5, 5.41) is 5.96. The number of ether oxygens (including phenoxy) is 1.